The molecule has 0 aliphatic carbocycles. The molecule has 200 valence electrons. The number of pyridine rings is 3. The van der Waals surface area contributed by atoms with Gasteiger partial charge in [-0.3, -0.25) is 24.8 Å². The van der Waals surface area contributed by atoms with Crippen LogP contribution in [0.2, 0.25) is 0 Å². The average molecular weight is 550 g/mol. The fourth-order valence-corrected chi connectivity index (χ4v) is 6.13. The van der Waals surface area contributed by atoms with Gasteiger partial charge >= 0.3 is 0 Å². The molecule has 1 aliphatic heterocycles. The molecule has 1 aliphatic rings. The first-order chi connectivity index (χ1) is 19.6. The Morgan fingerprint density at radius 2 is 1.95 bits per heavy atom. The van der Waals surface area contributed by atoms with Gasteiger partial charge in [0.25, 0.3) is 0 Å². The molecule has 0 saturated carbocycles. The van der Waals surface area contributed by atoms with Crippen LogP contribution in [-0.4, -0.2) is 67.1 Å². The molecule has 10 heteroatoms. The van der Waals surface area contributed by atoms with Crippen LogP contribution in [0.1, 0.15) is 29.4 Å². The molecule has 0 bridgehead atoms. The predicted molar refractivity (Wildman–Crippen MR) is 157 cm³/mol. The summed E-state index contributed by atoms with van der Waals surface area (Å²) in [7, 11) is 0. The highest BCUT2D eigenvalue weighted by atomic mass is 32.1. The van der Waals surface area contributed by atoms with Crippen molar-refractivity contribution in [2.75, 3.05) is 26.2 Å². The van der Waals surface area contributed by atoms with Gasteiger partial charge in [0.2, 0.25) is 0 Å². The smallest absolute Gasteiger partial charge is 0.169 e. The molecular weight excluding hydrogens is 522 g/mol. The second-order valence-corrected chi connectivity index (χ2v) is 11.1. The number of hydrogen-bond donors (Lipinski definition) is 2. The van der Waals surface area contributed by atoms with Crippen LogP contribution in [0, 0.1) is 0 Å². The maximum Gasteiger partial charge on any atom is 0.169 e. The SMILES string of the molecule is CC(=O)c1ccc(-c2nccc3[nH]c(-c4n[nH]c5ccc(-c6cncc(OCCN7CCCC7)c6)nc45)cc23)s1. The summed E-state index contributed by atoms with van der Waals surface area (Å²) < 4.78 is 6.01. The predicted octanol–water partition coefficient (Wildman–Crippen LogP) is 5.97. The summed E-state index contributed by atoms with van der Waals surface area (Å²) in [5.74, 6) is 0.792. The third kappa shape index (κ3) is 4.65. The highest BCUT2D eigenvalue weighted by Gasteiger charge is 2.17. The minimum absolute atomic E-state index is 0.0532. The highest BCUT2D eigenvalue weighted by molar-refractivity contribution is 7.17. The van der Waals surface area contributed by atoms with E-state index < -0.39 is 0 Å². The van der Waals surface area contributed by atoms with Crippen molar-refractivity contribution >= 4 is 39.1 Å². The molecule has 0 aromatic carbocycles. The zero-order valence-electron chi connectivity index (χ0n) is 22.0. The van der Waals surface area contributed by atoms with Crippen molar-refractivity contribution in [3.63, 3.8) is 0 Å². The summed E-state index contributed by atoms with van der Waals surface area (Å²) in [4.78, 5) is 33.4. The van der Waals surface area contributed by atoms with Crippen LogP contribution in [0.15, 0.2) is 61.1 Å². The first kappa shape index (κ1) is 24.6. The van der Waals surface area contributed by atoms with Crippen molar-refractivity contribution in [3.8, 4) is 39.0 Å². The standard InChI is InChI=1S/C30H27N7O2S/c1-18(38)26-6-7-27(40-26)28-21-15-25(33-23(21)8-9-32-28)30-29-24(35-36-30)5-4-22(34-29)19-14-20(17-31-16-19)39-13-12-37-10-2-3-11-37/h4-9,14-17,33H,2-3,10-13H2,1H3,(H,35,36). The van der Waals surface area contributed by atoms with Crippen molar-refractivity contribution in [1.82, 2.24) is 35.0 Å². The van der Waals surface area contributed by atoms with E-state index in [1.807, 2.05) is 42.5 Å². The molecule has 0 unspecified atom stereocenters. The highest BCUT2D eigenvalue weighted by Crippen LogP contribution is 2.36. The number of aromatic amines is 2. The second kappa shape index (κ2) is 10.3. The Bertz CT molecular complexity index is 1850. The Labute approximate surface area is 234 Å². The lowest BCUT2D eigenvalue weighted by molar-refractivity contribution is 0.102. The van der Waals surface area contributed by atoms with Crippen molar-refractivity contribution in [3.05, 3.63) is 65.9 Å². The number of aromatic nitrogens is 6. The summed E-state index contributed by atoms with van der Waals surface area (Å²) in [5, 5.41) is 8.67. The molecule has 7 heterocycles. The summed E-state index contributed by atoms with van der Waals surface area (Å²) in [6.07, 6.45) is 7.87. The van der Waals surface area contributed by atoms with Crippen molar-refractivity contribution in [2.24, 2.45) is 0 Å². The Morgan fingerprint density at radius 3 is 2.80 bits per heavy atom. The molecule has 0 atom stereocenters. The van der Waals surface area contributed by atoms with Gasteiger partial charge in [-0.15, -0.1) is 11.3 Å². The van der Waals surface area contributed by atoms with E-state index in [1.165, 1.54) is 24.2 Å². The van der Waals surface area contributed by atoms with Gasteiger partial charge in [-0.25, -0.2) is 4.98 Å². The Morgan fingerprint density at radius 1 is 1.05 bits per heavy atom. The lowest BCUT2D eigenvalue weighted by Gasteiger charge is -2.15. The van der Waals surface area contributed by atoms with E-state index in [0.29, 0.717) is 6.61 Å². The van der Waals surface area contributed by atoms with Crippen LogP contribution in [-0.2, 0) is 0 Å². The van der Waals surface area contributed by atoms with E-state index >= 15 is 0 Å². The number of ether oxygens (including phenoxy) is 1. The molecule has 0 radical (unpaired) electrons. The molecule has 1 fully saturated rings. The number of hydrogen-bond acceptors (Lipinski definition) is 8. The van der Waals surface area contributed by atoms with E-state index in [4.69, 9.17) is 9.72 Å². The lowest BCUT2D eigenvalue weighted by Crippen LogP contribution is -2.25. The van der Waals surface area contributed by atoms with Gasteiger partial charge < -0.3 is 9.72 Å². The quantitative estimate of drug-likeness (QED) is 0.225. The molecule has 7 rings (SSSR count). The number of carbonyl (C=O) groups excluding carboxylic acids is 1. The zero-order chi connectivity index (χ0) is 27.1. The number of fused-ring (bicyclic) bond motifs is 2. The normalized spacial score (nSPS) is 13.9. The Kier molecular flexibility index (Phi) is 6.33. The molecular formula is C30H27N7O2S. The van der Waals surface area contributed by atoms with Gasteiger partial charge in [0, 0.05) is 35.4 Å². The van der Waals surface area contributed by atoms with Gasteiger partial charge in [0.05, 0.1) is 38.5 Å². The van der Waals surface area contributed by atoms with E-state index in [0.717, 1.165) is 85.4 Å². The van der Waals surface area contributed by atoms with E-state index in [1.54, 1.807) is 25.5 Å². The monoisotopic (exact) mass is 549 g/mol. The number of H-pyrrole nitrogens is 2. The number of carbonyl (C=O) groups is 1. The lowest BCUT2D eigenvalue weighted by atomic mass is 10.1. The third-order valence-corrected chi connectivity index (χ3v) is 8.47. The molecule has 0 amide bonds. The van der Waals surface area contributed by atoms with Crippen molar-refractivity contribution in [1.29, 1.82) is 0 Å². The molecule has 6 aromatic rings. The Hall–Kier alpha value is -4.41. The first-order valence-corrected chi connectivity index (χ1v) is 14.2. The van der Waals surface area contributed by atoms with Crippen LogP contribution in [0.25, 0.3) is 55.2 Å². The number of thiophene rings is 1. The largest absolute Gasteiger partial charge is 0.491 e. The number of rotatable bonds is 8. The Balaban J connectivity index is 1.20. The van der Waals surface area contributed by atoms with Crippen LogP contribution >= 0.6 is 11.3 Å². The van der Waals surface area contributed by atoms with E-state index in [9.17, 15) is 4.79 Å². The minimum Gasteiger partial charge on any atom is -0.491 e. The van der Waals surface area contributed by atoms with E-state index in [2.05, 4.69) is 30.0 Å². The topological polar surface area (TPSA) is 113 Å². The van der Waals surface area contributed by atoms with Gasteiger partial charge in [-0.1, -0.05) is 0 Å². The van der Waals surface area contributed by atoms with Crippen LogP contribution < -0.4 is 4.74 Å². The number of nitrogens with one attached hydrogen (secondary N) is 2. The maximum atomic E-state index is 11.8. The summed E-state index contributed by atoms with van der Waals surface area (Å²) in [5.41, 5.74) is 6.60. The number of Topliss-reactive ketones (excluding diaryl/α,β-unsaturated/α-hetero) is 1. The average Bonchev–Trinajstić information content (AvgIpc) is 3.78. The fraction of sp³-hybridized carbons (Fsp3) is 0.233. The van der Waals surface area contributed by atoms with Crippen LogP contribution in [0.5, 0.6) is 5.75 Å². The summed E-state index contributed by atoms with van der Waals surface area (Å²) in [6.45, 7) is 5.46. The molecule has 1 saturated heterocycles. The van der Waals surface area contributed by atoms with Gasteiger partial charge in [-0.05, 0) is 75.3 Å². The second-order valence-electron chi connectivity index (χ2n) is 10.00. The molecule has 6 aromatic heterocycles. The molecule has 2 N–H and O–H groups in total. The van der Waals surface area contributed by atoms with Crippen LogP contribution in [0.4, 0.5) is 0 Å². The summed E-state index contributed by atoms with van der Waals surface area (Å²) in [6, 6.07) is 13.7. The van der Waals surface area contributed by atoms with Crippen LogP contribution in [0.3, 0.4) is 0 Å². The molecule has 9 nitrogen and oxygen atoms in total. The number of likely N-dealkylation sites (tertiary alicyclic amines) is 1. The number of nitrogens with zero attached hydrogens (tertiary/aromatic N) is 5. The molecule has 0 spiro atoms. The number of ketones is 1. The minimum atomic E-state index is 0.0532. The fourth-order valence-electron chi connectivity index (χ4n) is 5.22. The molecule has 40 heavy (non-hydrogen) atoms. The van der Waals surface area contributed by atoms with Crippen molar-refractivity contribution in [2.45, 2.75) is 19.8 Å². The third-order valence-electron chi connectivity index (χ3n) is 7.28. The van der Waals surface area contributed by atoms with Gasteiger partial charge in [-0.2, -0.15) is 5.10 Å². The van der Waals surface area contributed by atoms with Gasteiger partial charge in [0.15, 0.2) is 5.78 Å². The maximum absolute atomic E-state index is 11.8. The van der Waals surface area contributed by atoms with Crippen molar-refractivity contribution < 1.29 is 9.53 Å². The van der Waals surface area contributed by atoms with E-state index in [-0.39, 0.29) is 5.78 Å². The summed E-state index contributed by atoms with van der Waals surface area (Å²) >= 11 is 1.45. The first-order valence-electron chi connectivity index (χ1n) is 13.4. The zero-order valence-corrected chi connectivity index (χ0v) is 22.8. The van der Waals surface area contributed by atoms with Gasteiger partial charge in [0.1, 0.15) is 23.6 Å².